The SMILES string of the molecule is CO/N=C(\C(=O)N[C@]1(OC)C(=O)N(S(=O)(=O)O)[C@@H]1SC)c1csc(NC(=O)CCl)n1. The van der Waals surface area contributed by atoms with Gasteiger partial charge in [0.1, 0.15) is 18.7 Å². The zero-order chi connectivity index (χ0) is 22.7. The summed E-state index contributed by atoms with van der Waals surface area (Å²) in [5, 5.41) is 8.49. The van der Waals surface area contributed by atoms with E-state index in [1.165, 1.54) is 18.7 Å². The first kappa shape index (κ1) is 24.3. The van der Waals surface area contributed by atoms with Crippen LogP contribution >= 0.6 is 34.7 Å². The van der Waals surface area contributed by atoms with Crippen LogP contribution in [0.1, 0.15) is 5.69 Å². The molecule has 13 nitrogen and oxygen atoms in total. The highest BCUT2D eigenvalue weighted by Crippen LogP contribution is 2.40. The minimum atomic E-state index is -4.87. The predicted molar refractivity (Wildman–Crippen MR) is 109 cm³/mol. The molecule has 2 rings (SSSR count). The van der Waals surface area contributed by atoms with Gasteiger partial charge in [-0.15, -0.1) is 34.7 Å². The lowest BCUT2D eigenvalue weighted by molar-refractivity contribution is -0.183. The second kappa shape index (κ2) is 9.44. The number of hydrogen-bond acceptors (Lipinski definition) is 11. The summed E-state index contributed by atoms with van der Waals surface area (Å²) in [5.74, 6) is -3.00. The normalized spacial score (nSPS) is 21.8. The van der Waals surface area contributed by atoms with Gasteiger partial charge in [-0.3, -0.25) is 18.9 Å². The summed E-state index contributed by atoms with van der Waals surface area (Å²) in [6.07, 6.45) is 1.45. The van der Waals surface area contributed by atoms with Gasteiger partial charge in [-0.25, -0.2) is 4.98 Å². The van der Waals surface area contributed by atoms with Crippen molar-refractivity contribution in [2.75, 3.05) is 31.7 Å². The standard InChI is InChI=1S/C13H16ClN5O8S3/c1-26-13(10(22)19(11(13)28-3)30(23,24)25)17-9(21)8(18-27-2)6-5-29-12(15-6)16-7(20)4-14/h5,11H,4H2,1-3H3,(H,17,21)(H,15,16,20)(H,23,24,25)/b18-8-/t11-,13+/m1/s1. The van der Waals surface area contributed by atoms with Crippen LogP contribution in [0.15, 0.2) is 10.5 Å². The number of halogens is 1. The lowest BCUT2D eigenvalue weighted by Gasteiger charge is -2.51. The molecule has 1 fully saturated rings. The Kier molecular flexibility index (Phi) is 7.64. The Morgan fingerprint density at radius 2 is 2.17 bits per heavy atom. The van der Waals surface area contributed by atoms with Crippen LogP contribution in [0.4, 0.5) is 5.13 Å². The Bertz CT molecular complexity index is 983. The van der Waals surface area contributed by atoms with Crippen LogP contribution in [-0.4, -0.2) is 83.1 Å². The molecule has 1 saturated heterocycles. The van der Waals surface area contributed by atoms with Crippen molar-refractivity contribution in [2.24, 2.45) is 5.16 Å². The number of rotatable bonds is 9. The number of aromatic nitrogens is 1. The molecule has 2 atom stereocenters. The minimum Gasteiger partial charge on any atom is -0.398 e. The van der Waals surface area contributed by atoms with Crippen molar-refractivity contribution in [3.05, 3.63) is 11.1 Å². The van der Waals surface area contributed by atoms with Crippen LogP contribution in [0, 0.1) is 0 Å². The fourth-order valence-electron chi connectivity index (χ4n) is 2.43. The van der Waals surface area contributed by atoms with Gasteiger partial charge in [0.15, 0.2) is 16.2 Å². The van der Waals surface area contributed by atoms with E-state index in [2.05, 4.69) is 25.6 Å². The number of alkyl halides is 1. The lowest BCUT2D eigenvalue weighted by atomic mass is 10.0. The van der Waals surface area contributed by atoms with E-state index in [0.717, 1.165) is 30.2 Å². The highest BCUT2D eigenvalue weighted by atomic mass is 35.5. The molecule has 30 heavy (non-hydrogen) atoms. The van der Waals surface area contributed by atoms with E-state index in [-0.39, 0.29) is 26.7 Å². The maximum atomic E-state index is 12.8. The first-order valence-electron chi connectivity index (χ1n) is 7.70. The van der Waals surface area contributed by atoms with Gasteiger partial charge in [-0.2, -0.15) is 12.7 Å². The van der Waals surface area contributed by atoms with Crippen LogP contribution in [0.2, 0.25) is 0 Å². The number of ether oxygens (including phenoxy) is 1. The maximum Gasteiger partial charge on any atom is 0.363 e. The second-order valence-electron chi connectivity index (χ2n) is 5.40. The molecule has 0 radical (unpaired) electrons. The number of oxime groups is 1. The Morgan fingerprint density at radius 1 is 1.50 bits per heavy atom. The van der Waals surface area contributed by atoms with Crippen molar-refractivity contribution < 1.29 is 36.9 Å². The number of carbonyl (C=O) groups is 3. The van der Waals surface area contributed by atoms with E-state index >= 15 is 0 Å². The summed E-state index contributed by atoms with van der Waals surface area (Å²) in [7, 11) is -2.62. The number of thiazole rings is 1. The molecule has 0 aliphatic carbocycles. The fraction of sp³-hybridized carbons (Fsp3) is 0.462. The summed E-state index contributed by atoms with van der Waals surface area (Å²) < 4.78 is 37.4. The molecule has 1 aromatic heterocycles. The van der Waals surface area contributed by atoms with E-state index in [4.69, 9.17) is 16.3 Å². The van der Waals surface area contributed by atoms with Crippen molar-refractivity contribution in [1.82, 2.24) is 14.6 Å². The quantitative estimate of drug-likeness (QED) is 0.0994. The maximum absolute atomic E-state index is 12.8. The number of nitrogens with zero attached hydrogens (tertiary/aromatic N) is 3. The van der Waals surface area contributed by atoms with Crippen LogP contribution < -0.4 is 10.6 Å². The smallest absolute Gasteiger partial charge is 0.363 e. The molecule has 0 aromatic carbocycles. The Hall–Kier alpha value is -1.98. The van der Waals surface area contributed by atoms with Gasteiger partial charge in [-0.05, 0) is 6.26 Å². The summed E-state index contributed by atoms with van der Waals surface area (Å²) >= 11 is 7.23. The monoisotopic (exact) mass is 501 g/mol. The average molecular weight is 502 g/mol. The molecule has 3 N–H and O–H groups in total. The van der Waals surface area contributed by atoms with Gasteiger partial charge in [-0.1, -0.05) is 5.16 Å². The van der Waals surface area contributed by atoms with Crippen molar-refractivity contribution in [3.63, 3.8) is 0 Å². The van der Waals surface area contributed by atoms with Gasteiger partial charge >= 0.3 is 10.3 Å². The molecule has 0 spiro atoms. The molecule has 1 aliphatic heterocycles. The number of nitrogens with one attached hydrogen (secondary N) is 2. The Balaban J connectivity index is 2.31. The number of hydrogen-bond donors (Lipinski definition) is 3. The predicted octanol–water partition coefficient (Wildman–Crippen LogP) is -0.536. The first-order chi connectivity index (χ1) is 14.0. The van der Waals surface area contributed by atoms with Crippen molar-refractivity contribution >= 4 is 73.6 Å². The molecular formula is C13H16ClN5O8S3. The minimum absolute atomic E-state index is 0.00501. The second-order valence-corrected chi connectivity index (χ2v) is 8.74. The van der Waals surface area contributed by atoms with Crippen LogP contribution in [0.3, 0.4) is 0 Å². The van der Waals surface area contributed by atoms with Gasteiger partial charge in [0.2, 0.25) is 5.91 Å². The Morgan fingerprint density at radius 3 is 2.67 bits per heavy atom. The van der Waals surface area contributed by atoms with Gasteiger partial charge in [0, 0.05) is 12.5 Å². The lowest BCUT2D eigenvalue weighted by Crippen LogP contribution is -2.81. The van der Waals surface area contributed by atoms with Gasteiger partial charge < -0.3 is 20.2 Å². The largest absolute Gasteiger partial charge is 0.398 e. The molecule has 17 heteroatoms. The highest BCUT2D eigenvalue weighted by molar-refractivity contribution is 8.00. The van der Waals surface area contributed by atoms with E-state index in [1.807, 2.05) is 0 Å². The van der Waals surface area contributed by atoms with E-state index in [1.54, 1.807) is 0 Å². The molecule has 2 heterocycles. The molecule has 3 amide bonds. The number of thioether (sulfide) groups is 1. The zero-order valence-corrected chi connectivity index (χ0v) is 18.8. The molecule has 0 bridgehead atoms. The van der Waals surface area contributed by atoms with Crippen LogP contribution in [-0.2, 0) is 34.3 Å². The molecule has 166 valence electrons. The molecule has 1 aliphatic rings. The highest BCUT2D eigenvalue weighted by Gasteiger charge is 2.67. The van der Waals surface area contributed by atoms with Crippen LogP contribution in [0.5, 0.6) is 0 Å². The summed E-state index contributed by atoms with van der Waals surface area (Å²) in [6, 6.07) is 0. The van der Waals surface area contributed by atoms with Crippen LogP contribution in [0.25, 0.3) is 0 Å². The molecular weight excluding hydrogens is 486 g/mol. The number of carbonyl (C=O) groups excluding carboxylic acids is 3. The third-order valence-electron chi connectivity index (χ3n) is 3.68. The summed E-state index contributed by atoms with van der Waals surface area (Å²) in [4.78, 5) is 45.3. The summed E-state index contributed by atoms with van der Waals surface area (Å²) in [6.45, 7) is 0. The van der Waals surface area contributed by atoms with E-state index < -0.39 is 39.1 Å². The summed E-state index contributed by atoms with van der Waals surface area (Å²) in [5.41, 5.74) is -2.48. The van der Waals surface area contributed by atoms with E-state index in [0.29, 0.717) is 0 Å². The van der Waals surface area contributed by atoms with Gasteiger partial charge in [0.25, 0.3) is 17.5 Å². The number of β-lactam (4-membered cyclic amide) rings is 1. The third-order valence-corrected chi connectivity index (χ3v) is 6.68. The van der Waals surface area contributed by atoms with Crippen molar-refractivity contribution in [3.8, 4) is 0 Å². The molecule has 0 unspecified atom stereocenters. The zero-order valence-electron chi connectivity index (χ0n) is 15.6. The number of methoxy groups -OCH3 is 1. The molecule has 0 saturated carbocycles. The third kappa shape index (κ3) is 4.52. The number of anilines is 1. The first-order valence-corrected chi connectivity index (χ1v) is 11.8. The van der Waals surface area contributed by atoms with Crippen molar-refractivity contribution in [1.29, 1.82) is 0 Å². The number of amides is 3. The fourth-order valence-corrected chi connectivity index (χ4v) is 5.41. The molecule has 1 aromatic rings. The Labute approximate surface area is 184 Å². The topological polar surface area (TPSA) is 177 Å². The van der Waals surface area contributed by atoms with Crippen molar-refractivity contribution in [2.45, 2.75) is 11.1 Å². The van der Waals surface area contributed by atoms with E-state index in [9.17, 15) is 27.4 Å². The average Bonchev–Trinajstić information content (AvgIpc) is 3.14. The van der Waals surface area contributed by atoms with Gasteiger partial charge in [0.05, 0.1) is 0 Å².